The Balaban J connectivity index is 1.85. The van der Waals surface area contributed by atoms with Crippen LogP contribution >= 0.6 is 11.6 Å². The van der Waals surface area contributed by atoms with Gasteiger partial charge in [-0.05, 0) is 30.5 Å². The molecule has 2 nitrogen and oxygen atoms in total. The lowest BCUT2D eigenvalue weighted by Gasteiger charge is -2.22. The molecule has 2 bridgehead atoms. The van der Waals surface area contributed by atoms with Gasteiger partial charge in [0.15, 0.2) is 0 Å². The fraction of sp³-hybridized carbons (Fsp3) is 0.417. The standard InChI is InChI=1S/C12H12ClNO/c13-9-3-1-7(2-4-9)10-5-8-6-11(10)14-12(8)15/h1-4,8,10-11H,5-6H2,(H,14,15). The summed E-state index contributed by atoms with van der Waals surface area (Å²) in [7, 11) is 0. The zero-order valence-corrected chi connectivity index (χ0v) is 9.00. The molecule has 1 amide bonds. The van der Waals surface area contributed by atoms with E-state index in [1.807, 2.05) is 12.1 Å². The highest BCUT2D eigenvalue weighted by molar-refractivity contribution is 6.30. The van der Waals surface area contributed by atoms with Gasteiger partial charge in [0.1, 0.15) is 0 Å². The number of carbonyl (C=O) groups excluding carboxylic acids is 1. The van der Waals surface area contributed by atoms with Crippen LogP contribution in [0.25, 0.3) is 0 Å². The van der Waals surface area contributed by atoms with E-state index in [0.29, 0.717) is 12.0 Å². The molecule has 1 heterocycles. The van der Waals surface area contributed by atoms with Gasteiger partial charge >= 0.3 is 0 Å². The van der Waals surface area contributed by atoms with Crippen LogP contribution < -0.4 is 5.32 Å². The van der Waals surface area contributed by atoms with Gasteiger partial charge in [-0.25, -0.2) is 0 Å². The predicted molar refractivity (Wildman–Crippen MR) is 58.8 cm³/mol. The molecule has 1 aliphatic heterocycles. The van der Waals surface area contributed by atoms with E-state index < -0.39 is 0 Å². The van der Waals surface area contributed by atoms with Crippen LogP contribution in [-0.2, 0) is 4.79 Å². The summed E-state index contributed by atoms with van der Waals surface area (Å²) in [4.78, 5) is 11.3. The number of carbonyl (C=O) groups is 1. The minimum absolute atomic E-state index is 0.241. The maximum atomic E-state index is 11.3. The summed E-state index contributed by atoms with van der Waals surface area (Å²) in [5, 5.41) is 3.81. The van der Waals surface area contributed by atoms with Crippen LogP contribution in [0.5, 0.6) is 0 Å². The minimum atomic E-state index is 0.241. The summed E-state index contributed by atoms with van der Waals surface area (Å²) in [6.07, 6.45) is 2.00. The van der Waals surface area contributed by atoms with E-state index >= 15 is 0 Å². The molecule has 3 atom stereocenters. The molecule has 15 heavy (non-hydrogen) atoms. The van der Waals surface area contributed by atoms with Gasteiger partial charge in [0.25, 0.3) is 0 Å². The van der Waals surface area contributed by atoms with Crippen LogP contribution in [-0.4, -0.2) is 11.9 Å². The molecule has 1 N–H and O–H groups in total. The number of nitrogens with one attached hydrogen (secondary N) is 1. The second kappa shape index (κ2) is 3.24. The molecule has 3 heteroatoms. The number of rotatable bonds is 1. The van der Waals surface area contributed by atoms with Crippen LogP contribution in [0.1, 0.15) is 24.3 Å². The Hall–Kier alpha value is -1.02. The number of hydrogen-bond donors (Lipinski definition) is 1. The van der Waals surface area contributed by atoms with E-state index in [-0.39, 0.29) is 11.8 Å². The molecular weight excluding hydrogens is 210 g/mol. The van der Waals surface area contributed by atoms with Crippen molar-refractivity contribution in [1.29, 1.82) is 0 Å². The Kier molecular flexibility index (Phi) is 1.99. The molecule has 3 unspecified atom stereocenters. The monoisotopic (exact) mass is 221 g/mol. The van der Waals surface area contributed by atoms with Crippen molar-refractivity contribution >= 4 is 17.5 Å². The minimum Gasteiger partial charge on any atom is -0.352 e. The zero-order chi connectivity index (χ0) is 10.4. The number of amides is 1. The normalized spacial score (nSPS) is 33.1. The number of hydrogen-bond acceptors (Lipinski definition) is 1. The first-order valence-electron chi connectivity index (χ1n) is 5.30. The Morgan fingerprint density at radius 1 is 1.20 bits per heavy atom. The van der Waals surface area contributed by atoms with Gasteiger partial charge in [0.2, 0.25) is 5.91 Å². The molecule has 1 aromatic rings. The molecule has 1 saturated heterocycles. The maximum absolute atomic E-state index is 11.3. The van der Waals surface area contributed by atoms with E-state index in [0.717, 1.165) is 17.9 Å². The average molecular weight is 222 g/mol. The second-order valence-corrected chi connectivity index (χ2v) is 4.88. The topological polar surface area (TPSA) is 29.1 Å². The molecule has 0 spiro atoms. The summed E-state index contributed by atoms with van der Waals surface area (Å²) >= 11 is 5.85. The largest absolute Gasteiger partial charge is 0.352 e. The molecule has 0 aromatic heterocycles. The van der Waals surface area contributed by atoms with Crippen LogP contribution in [0.2, 0.25) is 5.02 Å². The summed E-state index contributed by atoms with van der Waals surface area (Å²) in [5.41, 5.74) is 1.30. The molecule has 1 aliphatic carbocycles. The van der Waals surface area contributed by atoms with E-state index in [4.69, 9.17) is 11.6 Å². The fourth-order valence-corrected chi connectivity index (χ4v) is 2.92. The van der Waals surface area contributed by atoms with E-state index in [1.54, 1.807) is 0 Å². The van der Waals surface area contributed by atoms with Crippen molar-refractivity contribution in [3.05, 3.63) is 34.9 Å². The smallest absolute Gasteiger partial charge is 0.223 e. The Morgan fingerprint density at radius 2 is 1.93 bits per heavy atom. The third-order valence-corrected chi connectivity index (χ3v) is 3.81. The summed E-state index contributed by atoms with van der Waals surface area (Å²) in [6, 6.07) is 8.33. The zero-order valence-electron chi connectivity index (χ0n) is 8.24. The van der Waals surface area contributed by atoms with Crippen molar-refractivity contribution in [2.24, 2.45) is 5.92 Å². The van der Waals surface area contributed by atoms with Gasteiger partial charge < -0.3 is 5.32 Å². The van der Waals surface area contributed by atoms with Crippen molar-refractivity contribution in [2.45, 2.75) is 24.8 Å². The highest BCUT2D eigenvalue weighted by atomic mass is 35.5. The van der Waals surface area contributed by atoms with E-state index in [2.05, 4.69) is 17.4 Å². The van der Waals surface area contributed by atoms with Gasteiger partial charge in [-0.2, -0.15) is 0 Å². The van der Waals surface area contributed by atoms with E-state index in [9.17, 15) is 4.79 Å². The molecule has 0 radical (unpaired) electrons. The quantitative estimate of drug-likeness (QED) is 0.775. The van der Waals surface area contributed by atoms with Crippen LogP contribution in [0.3, 0.4) is 0 Å². The van der Waals surface area contributed by atoms with Crippen molar-refractivity contribution in [3.63, 3.8) is 0 Å². The molecule has 1 aromatic carbocycles. The molecular formula is C12H12ClNO. The Bertz CT molecular complexity index is 401. The third kappa shape index (κ3) is 1.44. The highest BCUT2D eigenvalue weighted by Crippen LogP contribution is 2.42. The lowest BCUT2D eigenvalue weighted by molar-refractivity contribution is -0.123. The lowest BCUT2D eigenvalue weighted by atomic mass is 9.91. The molecule has 78 valence electrons. The SMILES string of the molecule is O=C1NC2CC1CC2c1ccc(Cl)cc1. The van der Waals surface area contributed by atoms with Crippen molar-refractivity contribution in [3.8, 4) is 0 Å². The highest BCUT2D eigenvalue weighted by Gasteiger charge is 2.45. The van der Waals surface area contributed by atoms with Crippen LogP contribution in [0, 0.1) is 5.92 Å². The number of fused-ring (bicyclic) bond motifs is 2. The van der Waals surface area contributed by atoms with Crippen LogP contribution in [0.15, 0.2) is 24.3 Å². The van der Waals surface area contributed by atoms with Crippen molar-refractivity contribution in [1.82, 2.24) is 5.32 Å². The second-order valence-electron chi connectivity index (χ2n) is 4.44. The summed E-state index contributed by atoms with van der Waals surface area (Å²) in [5.74, 6) is 0.978. The molecule has 2 fully saturated rings. The molecule has 1 saturated carbocycles. The first kappa shape index (κ1) is 9.22. The lowest BCUT2D eigenvalue weighted by Crippen LogP contribution is -2.35. The number of halogens is 1. The predicted octanol–water partition coefficient (Wildman–Crippen LogP) is 2.33. The fourth-order valence-electron chi connectivity index (χ4n) is 2.79. The van der Waals surface area contributed by atoms with Gasteiger partial charge in [-0.3, -0.25) is 4.79 Å². The Labute approximate surface area is 93.6 Å². The van der Waals surface area contributed by atoms with Gasteiger partial charge in [-0.1, -0.05) is 23.7 Å². The van der Waals surface area contributed by atoms with Crippen LogP contribution in [0.4, 0.5) is 0 Å². The van der Waals surface area contributed by atoms with Gasteiger partial charge in [0.05, 0.1) is 0 Å². The summed E-state index contributed by atoms with van der Waals surface area (Å²) in [6.45, 7) is 0. The van der Waals surface area contributed by atoms with Crippen molar-refractivity contribution in [2.75, 3.05) is 0 Å². The first-order chi connectivity index (χ1) is 7.24. The first-order valence-corrected chi connectivity index (χ1v) is 5.67. The molecule has 3 rings (SSSR count). The maximum Gasteiger partial charge on any atom is 0.223 e. The number of piperidine rings is 1. The molecule has 2 aliphatic rings. The van der Waals surface area contributed by atoms with Gasteiger partial charge in [0, 0.05) is 22.9 Å². The Morgan fingerprint density at radius 3 is 2.47 bits per heavy atom. The van der Waals surface area contributed by atoms with Crippen molar-refractivity contribution < 1.29 is 4.79 Å². The average Bonchev–Trinajstić information content (AvgIpc) is 2.77. The van der Waals surface area contributed by atoms with Gasteiger partial charge in [-0.15, -0.1) is 0 Å². The third-order valence-electron chi connectivity index (χ3n) is 3.56. The summed E-state index contributed by atoms with van der Waals surface area (Å²) < 4.78 is 0. The number of benzene rings is 1. The van der Waals surface area contributed by atoms with E-state index in [1.165, 1.54) is 5.56 Å².